The molecule has 0 amide bonds. The van der Waals surface area contributed by atoms with Crippen LogP contribution in [0.3, 0.4) is 0 Å². The van der Waals surface area contributed by atoms with Crippen molar-refractivity contribution in [2.24, 2.45) is 5.41 Å². The molecule has 1 aromatic carbocycles. The number of likely N-dealkylation sites (tertiary alicyclic amines) is 1. The van der Waals surface area contributed by atoms with Crippen LogP contribution in [0.4, 0.5) is 0 Å². The van der Waals surface area contributed by atoms with Gasteiger partial charge in [-0.15, -0.1) is 0 Å². The standard InChI is InChI=1S/C32H42N4O4S/c1-39-25-7-8-28-27(19-25)26(24(21-34-28)22-36-15-17-40-18-16-36)5-4-9-32(20-31(37)38)10-13-35(14-11-32)23-30(41)29-6-2-3-12-33-29/h2-3,6-8,12,19,21,30,41H,4-5,9-11,13-18,20,22-23H2,1H3,(H,37,38). The van der Waals surface area contributed by atoms with Crippen molar-refractivity contribution in [1.82, 2.24) is 19.8 Å². The van der Waals surface area contributed by atoms with E-state index in [-0.39, 0.29) is 17.1 Å². The predicted molar refractivity (Wildman–Crippen MR) is 164 cm³/mol. The third-order valence-corrected chi connectivity index (χ3v) is 9.24. The van der Waals surface area contributed by atoms with Gasteiger partial charge >= 0.3 is 5.97 Å². The summed E-state index contributed by atoms with van der Waals surface area (Å²) < 4.78 is 11.1. The molecular weight excluding hydrogens is 536 g/mol. The van der Waals surface area contributed by atoms with E-state index in [0.29, 0.717) is 0 Å². The Balaban J connectivity index is 1.28. The summed E-state index contributed by atoms with van der Waals surface area (Å²) in [6, 6.07) is 12.0. The summed E-state index contributed by atoms with van der Waals surface area (Å²) in [5.74, 6) is 0.123. The van der Waals surface area contributed by atoms with Gasteiger partial charge in [-0.05, 0) is 92.1 Å². The SMILES string of the molecule is COc1ccc2ncc(CN3CCOCC3)c(CCCC3(CC(=O)O)CCN(CC(S)c4ccccn4)CC3)c2c1. The van der Waals surface area contributed by atoms with Crippen molar-refractivity contribution < 1.29 is 19.4 Å². The first-order chi connectivity index (χ1) is 19.9. The molecule has 2 aliphatic heterocycles. The topological polar surface area (TPSA) is 88.0 Å². The lowest BCUT2D eigenvalue weighted by Gasteiger charge is -2.42. The summed E-state index contributed by atoms with van der Waals surface area (Å²) in [7, 11) is 1.69. The number of morpholine rings is 1. The molecule has 0 spiro atoms. The van der Waals surface area contributed by atoms with Crippen molar-refractivity contribution >= 4 is 29.5 Å². The Morgan fingerprint density at radius 3 is 2.63 bits per heavy atom. The van der Waals surface area contributed by atoms with E-state index in [1.807, 2.05) is 36.5 Å². The molecule has 1 atom stereocenters. The smallest absolute Gasteiger partial charge is 0.303 e. The van der Waals surface area contributed by atoms with Gasteiger partial charge < -0.3 is 19.5 Å². The number of thiol groups is 1. The van der Waals surface area contributed by atoms with Crippen LogP contribution in [0.25, 0.3) is 10.9 Å². The lowest BCUT2D eigenvalue weighted by Crippen LogP contribution is -2.42. The van der Waals surface area contributed by atoms with Gasteiger partial charge in [-0.3, -0.25) is 19.7 Å². The van der Waals surface area contributed by atoms with Gasteiger partial charge in [0.25, 0.3) is 0 Å². The van der Waals surface area contributed by atoms with E-state index in [2.05, 4.69) is 20.9 Å². The monoisotopic (exact) mass is 578 g/mol. The third kappa shape index (κ3) is 7.77. The number of piperidine rings is 1. The van der Waals surface area contributed by atoms with Crippen molar-refractivity contribution in [3.63, 3.8) is 0 Å². The number of benzene rings is 1. The fraction of sp³-hybridized carbons (Fsp3) is 0.531. The first-order valence-corrected chi connectivity index (χ1v) is 15.2. The summed E-state index contributed by atoms with van der Waals surface area (Å²) in [5.41, 5.74) is 4.30. The maximum Gasteiger partial charge on any atom is 0.303 e. The summed E-state index contributed by atoms with van der Waals surface area (Å²) in [4.78, 5) is 26.1. The molecule has 2 aromatic heterocycles. The van der Waals surface area contributed by atoms with Gasteiger partial charge in [0.05, 0.1) is 43.2 Å². The minimum atomic E-state index is -0.703. The van der Waals surface area contributed by atoms with Crippen LogP contribution < -0.4 is 4.74 Å². The zero-order valence-electron chi connectivity index (χ0n) is 24.0. The van der Waals surface area contributed by atoms with Crippen LogP contribution in [0.15, 0.2) is 48.8 Å². The number of ether oxygens (including phenoxy) is 2. The minimum Gasteiger partial charge on any atom is -0.497 e. The second kappa shape index (κ2) is 14.0. The molecular formula is C32H42N4O4S. The number of aryl methyl sites for hydroxylation is 1. The number of nitrogens with zero attached hydrogens (tertiary/aromatic N) is 4. The molecule has 2 saturated heterocycles. The highest BCUT2D eigenvalue weighted by Crippen LogP contribution is 2.41. The number of aliphatic carboxylic acids is 1. The molecule has 2 fully saturated rings. The Labute approximate surface area is 248 Å². The molecule has 1 N–H and O–H groups in total. The molecule has 41 heavy (non-hydrogen) atoms. The molecule has 1 unspecified atom stereocenters. The van der Waals surface area contributed by atoms with Gasteiger partial charge in [-0.2, -0.15) is 12.6 Å². The van der Waals surface area contributed by atoms with E-state index in [9.17, 15) is 9.90 Å². The quantitative estimate of drug-likeness (QED) is 0.290. The number of carbonyl (C=O) groups is 1. The van der Waals surface area contributed by atoms with E-state index < -0.39 is 5.97 Å². The van der Waals surface area contributed by atoms with Crippen molar-refractivity contribution in [3.8, 4) is 5.75 Å². The summed E-state index contributed by atoms with van der Waals surface area (Å²) in [6.07, 6.45) is 8.53. The Hall–Kier alpha value is -2.72. The molecule has 0 aliphatic carbocycles. The summed E-state index contributed by atoms with van der Waals surface area (Å²) in [6.45, 7) is 6.78. The van der Waals surface area contributed by atoms with Gasteiger partial charge in [0.15, 0.2) is 0 Å². The highest BCUT2D eigenvalue weighted by molar-refractivity contribution is 7.80. The second-order valence-corrected chi connectivity index (χ2v) is 12.2. The Kier molecular flexibility index (Phi) is 10.1. The third-order valence-electron chi connectivity index (χ3n) is 8.81. The maximum atomic E-state index is 12.0. The van der Waals surface area contributed by atoms with Gasteiger partial charge in [0.2, 0.25) is 0 Å². The number of methoxy groups -OCH3 is 1. The first kappa shape index (κ1) is 29.8. The summed E-state index contributed by atoms with van der Waals surface area (Å²) >= 11 is 4.80. The summed E-state index contributed by atoms with van der Waals surface area (Å²) in [5, 5.41) is 11.0. The van der Waals surface area contributed by atoms with Crippen LogP contribution in [0.1, 0.15) is 54.2 Å². The number of hydrogen-bond donors (Lipinski definition) is 2. The van der Waals surface area contributed by atoms with Crippen LogP contribution in [0, 0.1) is 5.41 Å². The fourth-order valence-electron chi connectivity index (χ4n) is 6.42. The largest absolute Gasteiger partial charge is 0.497 e. The Morgan fingerprint density at radius 1 is 1.12 bits per heavy atom. The van der Waals surface area contributed by atoms with Crippen LogP contribution in [0.2, 0.25) is 0 Å². The van der Waals surface area contributed by atoms with E-state index in [1.165, 1.54) is 11.1 Å². The molecule has 2 aliphatic rings. The van der Waals surface area contributed by atoms with Crippen molar-refractivity contribution in [2.75, 3.05) is 53.0 Å². The number of aromatic nitrogens is 2. The van der Waals surface area contributed by atoms with E-state index >= 15 is 0 Å². The minimum absolute atomic E-state index is 0.0463. The molecule has 4 heterocycles. The zero-order chi connectivity index (χ0) is 28.7. The van der Waals surface area contributed by atoms with Gasteiger partial charge in [0.1, 0.15) is 5.75 Å². The van der Waals surface area contributed by atoms with E-state index in [1.54, 1.807) is 13.3 Å². The van der Waals surface area contributed by atoms with Crippen LogP contribution in [-0.2, 0) is 22.5 Å². The zero-order valence-corrected chi connectivity index (χ0v) is 24.9. The van der Waals surface area contributed by atoms with E-state index in [0.717, 1.165) is 107 Å². The molecule has 220 valence electrons. The maximum absolute atomic E-state index is 12.0. The highest BCUT2D eigenvalue weighted by Gasteiger charge is 2.36. The molecule has 0 radical (unpaired) electrons. The molecule has 0 bridgehead atoms. The molecule has 9 heteroatoms. The van der Waals surface area contributed by atoms with Crippen molar-refractivity contribution in [1.29, 1.82) is 0 Å². The molecule has 3 aromatic rings. The van der Waals surface area contributed by atoms with Crippen LogP contribution >= 0.6 is 12.6 Å². The fourth-order valence-corrected chi connectivity index (χ4v) is 6.81. The number of carboxylic acid groups (broad SMARTS) is 1. The van der Waals surface area contributed by atoms with Gasteiger partial charge in [0, 0.05) is 44.0 Å². The average molecular weight is 579 g/mol. The molecule has 5 rings (SSSR count). The molecule has 8 nitrogen and oxygen atoms in total. The lowest BCUT2D eigenvalue weighted by atomic mass is 9.71. The second-order valence-electron chi connectivity index (χ2n) is 11.5. The number of rotatable bonds is 12. The van der Waals surface area contributed by atoms with Crippen molar-refractivity contribution in [2.45, 2.75) is 50.3 Å². The van der Waals surface area contributed by atoms with Crippen LogP contribution in [-0.4, -0.2) is 83.9 Å². The van der Waals surface area contributed by atoms with Gasteiger partial charge in [-0.25, -0.2) is 0 Å². The average Bonchev–Trinajstić information content (AvgIpc) is 2.99. The number of pyridine rings is 2. The number of fused-ring (bicyclic) bond motifs is 1. The van der Waals surface area contributed by atoms with Gasteiger partial charge in [-0.1, -0.05) is 6.07 Å². The number of carboxylic acids is 1. The van der Waals surface area contributed by atoms with Crippen LogP contribution in [0.5, 0.6) is 5.75 Å². The lowest BCUT2D eigenvalue weighted by molar-refractivity contribution is -0.140. The Bertz CT molecular complexity index is 1290. The van der Waals surface area contributed by atoms with Crippen molar-refractivity contribution in [3.05, 3.63) is 65.6 Å². The number of hydrogen-bond acceptors (Lipinski definition) is 8. The predicted octanol–water partition coefficient (Wildman–Crippen LogP) is 5.02. The molecule has 0 saturated carbocycles. The normalized spacial score (nSPS) is 18.8. The first-order valence-electron chi connectivity index (χ1n) is 14.7. The Morgan fingerprint density at radius 2 is 1.93 bits per heavy atom. The highest BCUT2D eigenvalue weighted by atomic mass is 32.1. The van der Waals surface area contributed by atoms with E-state index in [4.69, 9.17) is 27.1 Å².